The lowest BCUT2D eigenvalue weighted by Crippen LogP contribution is -2.49. The molecular formula is C24H25FN4O2. The fourth-order valence-electron chi connectivity index (χ4n) is 3.79. The average Bonchev–Trinajstić information content (AvgIpc) is 2.80. The summed E-state index contributed by atoms with van der Waals surface area (Å²) in [6.07, 6.45) is 0. The van der Waals surface area contributed by atoms with Gasteiger partial charge in [-0.1, -0.05) is 24.3 Å². The summed E-state index contributed by atoms with van der Waals surface area (Å²) in [5.74, 6) is 1.57. The van der Waals surface area contributed by atoms with Crippen LogP contribution in [0, 0.1) is 19.7 Å². The third-order valence-electron chi connectivity index (χ3n) is 5.65. The number of halogens is 1. The van der Waals surface area contributed by atoms with Crippen molar-refractivity contribution in [2.24, 2.45) is 0 Å². The summed E-state index contributed by atoms with van der Waals surface area (Å²) in [6, 6.07) is 13.6. The van der Waals surface area contributed by atoms with Gasteiger partial charge in [0.05, 0.1) is 12.7 Å². The number of nitrogens with zero attached hydrogens (tertiary/aromatic N) is 4. The van der Waals surface area contributed by atoms with Gasteiger partial charge in [0.25, 0.3) is 5.91 Å². The fourth-order valence-corrected chi connectivity index (χ4v) is 3.79. The molecule has 4 rings (SSSR count). The predicted octanol–water partition coefficient (Wildman–Crippen LogP) is 3.87. The van der Waals surface area contributed by atoms with Crippen molar-refractivity contribution < 1.29 is 13.9 Å². The molecule has 1 aliphatic heterocycles. The molecule has 1 amide bonds. The number of benzene rings is 2. The van der Waals surface area contributed by atoms with Crippen LogP contribution in [0.15, 0.2) is 48.5 Å². The van der Waals surface area contributed by atoms with E-state index in [0.717, 1.165) is 17.1 Å². The van der Waals surface area contributed by atoms with E-state index in [2.05, 4.69) is 9.88 Å². The molecule has 7 heteroatoms. The Bertz CT molecular complexity index is 1110. The molecule has 0 spiro atoms. The number of hydrogen-bond donors (Lipinski definition) is 0. The number of rotatable bonds is 4. The summed E-state index contributed by atoms with van der Waals surface area (Å²) < 4.78 is 19.0. The number of aryl methyl sites for hydroxylation is 1. The van der Waals surface area contributed by atoms with Crippen LogP contribution in [0.4, 0.5) is 10.2 Å². The molecule has 3 aromatic rings. The maximum atomic E-state index is 13.7. The standard InChI is InChI=1S/C24H25FN4O2/c1-16-17(2)26-22(18-7-6-8-19(25)15-18)27-23(16)28-11-13-29(14-12-28)24(30)20-9-4-5-10-21(20)31-3/h4-10,15H,11-14H2,1-3H3. The van der Waals surface area contributed by atoms with Crippen molar-refractivity contribution in [3.63, 3.8) is 0 Å². The van der Waals surface area contributed by atoms with Gasteiger partial charge in [-0.2, -0.15) is 0 Å². The van der Waals surface area contributed by atoms with Crippen molar-refractivity contribution >= 4 is 11.7 Å². The third-order valence-corrected chi connectivity index (χ3v) is 5.65. The predicted molar refractivity (Wildman–Crippen MR) is 118 cm³/mol. The number of carbonyl (C=O) groups is 1. The van der Waals surface area contributed by atoms with Gasteiger partial charge < -0.3 is 14.5 Å². The molecule has 2 heterocycles. The van der Waals surface area contributed by atoms with Crippen LogP contribution in [0.25, 0.3) is 11.4 Å². The van der Waals surface area contributed by atoms with Crippen LogP contribution < -0.4 is 9.64 Å². The summed E-state index contributed by atoms with van der Waals surface area (Å²) in [7, 11) is 1.57. The van der Waals surface area contributed by atoms with E-state index >= 15 is 0 Å². The second-order valence-electron chi connectivity index (χ2n) is 7.57. The molecule has 160 valence electrons. The topological polar surface area (TPSA) is 58.6 Å². The molecule has 1 saturated heterocycles. The highest BCUT2D eigenvalue weighted by molar-refractivity contribution is 5.97. The highest BCUT2D eigenvalue weighted by Gasteiger charge is 2.26. The van der Waals surface area contributed by atoms with E-state index in [0.29, 0.717) is 48.9 Å². The Kier molecular flexibility index (Phi) is 5.84. The molecule has 0 unspecified atom stereocenters. The van der Waals surface area contributed by atoms with Gasteiger partial charge in [0.15, 0.2) is 5.82 Å². The number of carbonyl (C=O) groups excluding carboxylic acids is 1. The van der Waals surface area contributed by atoms with Crippen LogP contribution in [0.3, 0.4) is 0 Å². The zero-order valence-electron chi connectivity index (χ0n) is 17.9. The van der Waals surface area contributed by atoms with Gasteiger partial charge in [0, 0.05) is 43.0 Å². The number of para-hydroxylation sites is 1. The van der Waals surface area contributed by atoms with Gasteiger partial charge in [0.2, 0.25) is 0 Å². The summed E-state index contributed by atoms with van der Waals surface area (Å²) in [6.45, 7) is 6.39. The molecule has 0 N–H and O–H groups in total. The van der Waals surface area contributed by atoms with Gasteiger partial charge in [-0.15, -0.1) is 0 Å². The molecule has 1 aliphatic rings. The van der Waals surface area contributed by atoms with Crippen LogP contribution in [-0.2, 0) is 0 Å². The quantitative estimate of drug-likeness (QED) is 0.641. The first kappa shape index (κ1) is 20.8. The first-order valence-electron chi connectivity index (χ1n) is 10.3. The second-order valence-corrected chi connectivity index (χ2v) is 7.57. The number of piperazine rings is 1. The average molecular weight is 420 g/mol. The zero-order valence-corrected chi connectivity index (χ0v) is 17.9. The molecule has 0 radical (unpaired) electrons. The van der Waals surface area contributed by atoms with Crippen molar-refractivity contribution in [1.82, 2.24) is 14.9 Å². The minimum absolute atomic E-state index is 0.0341. The third kappa shape index (κ3) is 4.21. The monoisotopic (exact) mass is 420 g/mol. The van der Waals surface area contributed by atoms with E-state index in [9.17, 15) is 9.18 Å². The number of ether oxygens (including phenoxy) is 1. The Hall–Kier alpha value is -3.48. The van der Waals surface area contributed by atoms with Crippen molar-refractivity contribution in [1.29, 1.82) is 0 Å². The van der Waals surface area contributed by atoms with Crippen LogP contribution in [-0.4, -0.2) is 54.1 Å². The molecule has 1 fully saturated rings. The smallest absolute Gasteiger partial charge is 0.257 e. The zero-order chi connectivity index (χ0) is 22.0. The Morgan fingerprint density at radius 2 is 1.74 bits per heavy atom. The highest BCUT2D eigenvalue weighted by atomic mass is 19.1. The van der Waals surface area contributed by atoms with E-state index in [1.807, 2.05) is 30.9 Å². The van der Waals surface area contributed by atoms with Gasteiger partial charge in [0.1, 0.15) is 17.4 Å². The maximum absolute atomic E-state index is 13.7. The van der Waals surface area contributed by atoms with Gasteiger partial charge >= 0.3 is 0 Å². The second kappa shape index (κ2) is 8.71. The molecule has 2 aromatic carbocycles. The van der Waals surface area contributed by atoms with Gasteiger partial charge in [-0.05, 0) is 38.1 Å². The summed E-state index contributed by atoms with van der Waals surface area (Å²) in [5, 5.41) is 0. The van der Waals surface area contributed by atoms with E-state index < -0.39 is 0 Å². The van der Waals surface area contributed by atoms with Crippen molar-refractivity contribution in [3.05, 3.63) is 71.2 Å². The SMILES string of the molecule is COc1ccccc1C(=O)N1CCN(c2nc(-c3cccc(F)c3)nc(C)c2C)CC1. The first-order valence-corrected chi connectivity index (χ1v) is 10.3. The maximum Gasteiger partial charge on any atom is 0.257 e. The molecule has 0 atom stereocenters. The van der Waals surface area contributed by atoms with E-state index in [1.54, 1.807) is 31.4 Å². The van der Waals surface area contributed by atoms with Crippen LogP contribution in [0.5, 0.6) is 5.75 Å². The van der Waals surface area contributed by atoms with Crippen LogP contribution >= 0.6 is 0 Å². The lowest BCUT2D eigenvalue weighted by molar-refractivity contribution is 0.0743. The molecule has 0 aliphatic carbocycles. The van der Waals surface area contributed by atoms with Gasteiger partial charge in [-0.25, -0.2) is 14.4 Å². The lowest BCUT2D eigenvalue weighted by Gasteiger charge is -2.36. The van der Waals surface area contributed by atoms with E-state index in [-0.39, 0.29) is 11.7 Å². The number of amides is 1. The van der Waals surface area contributed by atoms with Crippen molar-refractivity contribution in [2.45, 2.75) is 13.8 Å². The number of hydrogen-bond acceptors (Lipinski definition) is 5. The molecule has 6 nitrogen and oxygen atoms in total. The van der Waals surface area contributed by atoms with Crippen molar-refractivity contribution in [3.8, 4) is 17.1 Å². The lowest BCUT2D eigenvalue weighted by atomic mass is 10.1. The molecule has 0 saturated carbocycles. The molecular weight excluding hydrogens is 395 g/mol. The van der Waals surface area contributed by atoms with Crippen LogP contribution in [0.2, 0.25) is 0 Å². The Balaban J connectivity index is 1.54. The summed E-state index contributed by atoms with van der Waals surface area (Å²) >= 11 is 0. The number of aromatic nitrogens is 2. The Labute approximate surface area is 181 Å². The van der Waals surface area contributed by atoms with Gasteiger partial charge in [-0.3, -0.25) is 4.79 Å². The minimum atomic E-state index is -0.315. The Morgan fingerprint density at radius 3 is 2.45 bits per heavy atom. The van der Waals surface area contributed by atoms with Crippen molar-refractivity contribution in [2.75, 3.05) is 38.2 Å². The summed E-state index contributed by atoms with van der Waals surface area (Å²) in [5.41, 5.74) is 3.07. The minimum Gasteiger partial charge on any atom is -0.496 e. The summed E-state index contributed by atoms with van der Waals surface area (Å²) in [4.78, 5) is 26.3. The van der Waals surface area contributed by atoms with E-state index in [4.69, 9.17) is 9.72 Å². The highest BCUT2D eigenvalue weighted by Crippen LogP contribution is 2.26. The Morgan fingerprint density at radius 1 is 1.00 bits per heavy atom. The van der Waals surface area contributed by atoms with E-state index in [1.165, 1.54) is 12.1 Å². The first-order chi connectivity index (χ1) is 15.0. The largest absolute Gasteiger partial charge is 0.496 e. The number of methoxy groups -OCH3 is 1. The fraction of sp³-hybridized carbons (Fsp3) is 0.292. The molecule has 0 bridgehead atoms. The normalized spacial score (nSPS) is 13.9. The van der Waals surface area contributed by atoms with Crippen LogP contribution in [0.1, 0.15) is 21.6 Å². The molecule has 31 heavy (non-hydrogen) atoms. The molecule has 1 aromatic heterocycles. The number of anilines is 1.